The summed E-state index contributed by atoms with van der Waals surface area (Å²) in [5, 5.41) is 9.93. The van der Waals surface area contributed by atoms with Gasteiger partial charge in [-0.1, -0.05) is 6.92 Å². The summed E-state index contributed by atoms with van der Waals surface area (Å²) in [5.41, 5.74) is 0.706. The zero-order valence-corrected chi connectivity index (χ0v) is 19.1. The summed E-state index contributed by atoms with van der Waals surface area (Å²) in [7, 11) is 0. The van der Waals surface area contributed by atoms with Crippen molar-refractivity contribution in [3.63, 3.8) is 0 Å². The normalized spacial score (nSPS) is 25.5. The first-order valence-corrected chi connectivity index (χ1v) is 11.5. The number of benzene rings is 2. The highest BCUT2D eigenvalue weighted by atomic mass is 19.1. The van der Waals surface area contributed by atoms with E-state index in [1.165, 1.54) is 12.1 Å². The number of carbonyl (C=O) groups is 1. The van der Waals surface area contributed by atoms with Crippen LogP contribution in [0.15, 0.2) is 36.4 Å². The van der Waals surface area contributed by atoms with E-state index in [-0.39, 0.29) is 12.0 Å². The summed E-state index contributed by atoms with van der Waals surface area (Å²) in [6, 6.07) is 9.02. The van der Waals surface area contributed by atoms with Gasteiger partial charge < -0.3 is 19.3 Å². The lowest BCUT2D eigenvalue weighted by molar-refractivity contribution is -0.188. The van der Waals surface area contributed by atoms with E-state index in [1.54, 1.807) is 0 Å². The zero-order chi connectivity index (χ0) is 23.8. The maximum absolute atomic E-state index is 13.6. The molecule has 2 aromatic carbocycles. The van der Waals surface area contributed by atoms with E-state index < -0.39 is 35.2 Å². The molecule has 4 atom stereocenters. The Kier molecular flexibility index (Phi) is 6.61. The largest absolute Gasteiger partial charge is 0.494 e. The molecule has 5 nitrogen and oxygen atoms in total. The monoisotopic (exact) mass is 460 g/mol. The van der Waals surface area contributed by atoms with Crippen molar-refractivity contribution in [3.8, 4) is 11.5 Å². The van der Waals surface area contributed by atoms with Crippen LogP contribution >= 0.6 is 0 Å². The Labute approximate surface area is 192 Å². The predicted octanol–water partition coefficient (Wildman–Crippen LogP) is 5.70. The number of carboxylic acids is 1. The van der Waals surface area contributed by atoms with Crippen molar-refractivity contribution < 1.29 is 32.9 Å². The number of carboxylic acid groups (broad SMARTS) is 1. The molecule has 1 saturated heterocycles. The number of rotatable bonds is 7. The molecule has 33 heavy (non-hydrogen) atoms. The van der Waals surface area contributed by atoms with Crippen LogP contribution in [-0.2, 0) is 16.0 Å². The lowest BCUT2D eigenvalue weighted by Gasteiger charge is -2.50. The van der Waals surface area contributed by atoms with E-state index >= 15 is 0 Å². The van der Waals surface area contributed by atoms with E-state index in [4.69, 9.17) is 14.2 Å². The maximum atomic E-state index is 13.6. The Morgan fingerprint density at radius 1 is 1.18 bits per heavy atom. The van der Waals surface area contributed by atoms with Crippen molar-refractivity contribution in [1.29, 1.82) is 0 Å². The van der Waals surface area contributed by atoms with Gasteiger partial charge in [0, 0.05) is 17.5 Å². The van der Waals surface area contributed by atoms with Crippen molar-refractivity contribution in [2.75, 3.05) is 6.61 Å². The molecular weight excluding hydrogens is 430 g/mol. The van der Waals surface area contributed by atoms with Crippen LogP contribution in [0.2, 0.25) is 0 Å². The molecule has 1 N–H and O–H groups in total. The van der Waals surface area contributed by atoms with Crippen LogP contribution < -0.4 is 9.47 Å². The van der Waals surface area contributed by atoms with Gasteiger partial charge in [-0.15, -0.1) is 0 Å². The molecule has 0 aliphatic carbocycles. The Balaban J connectivity index is 1.62. The third kappa shape index (κ3) is 4.98. The molecular formula is C26H30F2O5. The fourth-order valence-electron chi connectivity index (χ4n) is 4.97. The molecule has 2 heterocycles. The van der Waals surface area contributed by atoms with Crippen molar-refractivity contribution in [1.82, 2.24) is 0 Å². The smallest absolute Gasteiger partial charge is 0.309 e. The second-order valence-corrected chi connectivity index (χ2v) is 9.45. The van der Waals surface area contributed by atoms with Gasteiger partial charge in [0.15, 0.2) is 0 Å². The number of ether oxygens (including phenoxy) is 3. The first-order chi connectivity index (χ1) is 15.7. The molecule has 4 rings (SSSR count). The van der Waals surface area contributed by atoms with E-state index in [0.29, 0.717) is 42.9 Å². The number of aliphatic carboxylic acids is 1. The zero-order valence-electron chi connectivity index (χ0n) is 19.1. The number of halogens is 2. The highest BCUT2D eigenvalue weighted by Crippen LogP contribution is 2.53. The van der Waals surface area contributed by atoms with Gasteiger partial charge in [-0.3, -0.25) is 4.79 Å². The summed E-state index contributed by atoms with van der Waals surface area (Å²) in [6.07, 6.45) is 0.954. The first-order valence-electron chi connectivity index (χ1n) is 11.5. The molecule has 7 heteroatoms. The average molecular weight is 461 g/mol. The number of hydrogen-bond donors (Lipinski definition) is 1. The Bertz CT molecular complexity index is 1000. The third-order valence-electron chi connectivity index (χ3n) is 6.63. The summed E-state index contributed by atoms with van der Waals surface area (Å²) in [4.78, 5) is 12.1. The van der Waals surface area contributed by atoms with Crippen LogP contribution in [0.1, 0.15) is 57.3 Å². The van der Waals surface area contributed by atoms with Crippen molar-refractivity contribution >= 4 is 5.97 Å². The van der Waals surface area contributed by atoms with Gasteiger partial charge in [-0.05, 0) is 75.4 Å². The summed E-state index contributed by atoms with van der Waals surface area (Å²) >= 11 is 0. The van der Waals surface area contributed by atoms with Gasteiger partial charge in [0.05, 0.1) is 24.7 Å². The number of fused-ring (bicyclic) bond motifs is 3. The van der Waals surface area contributed by atoms with Crippen molar-refractivity contribution in [3.05, 3.63) is 59.2 Å². The number of aryl methyl sites for hydroxylation is 1. The predicted molar refractivity (Wildman–Crippen MR) is 118 cm³/mol. The van der Waals surface area contributed by atoms with Crippen LogP contribution in [0.4, 0.5) is 8.78 Å². The van der Waals surface area contributed by atoms with Gasteiger partial charge in [-0.25, -0.2) is 8.78 Å². The number of hydrogen-bond acceptors (Lipinski definition) is 4. The topological polar surface area (TPSA) is 65.0 Å². The average Bonchev–Trinajstić information content (AvgIpc) is 2.75. The summed E-state index contributed by atoms with van der Waals surface area (Å²) < 4.78 is 45.7. The van der Waals surface area contributed by atoms with Crippen molar-refractivity contribution in [2.45, 2.75) is 64.3 Å². The van der Waals surface area contributed by atoms with Crippen LogP contribution in [0.25, 0.3) is 0 Å². The SMILES string of the molecule is CCCOc1ccc2c(c1)[C@H]1O[C@@H](CCc3cc(F)cc(F)c3)[C@H](C(=O)O)C[C@@H]1C(C)(C)O2. The van der Waals surface area contributed by atoms with E-state index in [2.05, 4.69) is 0 Å². The van der Waals surface area contributed by atoms with Gasteiger partial charge in [0.25, 0.3) is 0 Å². The lowest BCUT2D eigenvalue weighted by Crippen LogP contribution is -2.52. The van der Waals surface area contributed by atoms with Gasteiger partial charge in [0.2, 0.25) is 0 Å². The Morgan fingerprint density at radius 2 is 1.91 bits per heavy atom. The molecule has 2 aromatic rings. The second kappa shape index (κ2) is 9.29. The van der Waals surface area contributed by atoms with Gasteiger partial charge in [0.1, 0.15) is 28.7 Å². The molecule has 0 amide bonds. The first kappa shape index (κ1) is 23.5. The van der Waals surface area contributed by atoms with E-state index in [1.807, 2.05) is 39.0 Å². The standard InChI is InChI=1S/C26H30F2O5/c1-4-9-31-18-6-8-23-19(13-18)24-21(26(2,3)33-23)14-20(25(29)30)22(32-24)7-5-15-10-16(27)12-17(28)11-15/h6,8,10-13,20-22,24H,4-5,7,9,14H2,1-3H3,(H,29,30)/t20-,21+,22+,24-/m1/s1. The third-order valence-corrected chi connectivity index (χ3v) is 6.63. The lowest BCUT2D eigenvalue weighted by atomic mass is 9.71. The maximum Gasteiger partial charge on any atom is 0.309 e. The van der Waals surface area contributed by atoms with Gasteiger partial charge >= 0.3 is 5.97 Å². The van der Waals surface area contributed by atoms with Crippen molar-refractivity contribution in [2.24, 2.45) is 11.8 Å². The molecule has 0 unspecified atom stereocenters. The molecule has 1 fully saturated rings. The fourth-order valence-corrected chi connectivity index (χ4v) is 4.97. The molecule has 0 saturated carbocycles. The minimum Gasteiger partial charge on any atom is -0.494 e. The highest BCUT2D eigenvalue weighted by molar-refractivity contribution is 5.71. The summed E-state index contributed by atoms with van der Waals surface area (Å²) in [6.45, 7) is 6.53. The molecule has 0 spiro atoms. The molecule has 2 aliphatic heterocycles. The van der Waals surface area contributed by atoms with E-state index in [9.17, 15) is 18.7 Å². The second-order valence-electron chi connectivity index (χ2n) is 9.45. The molecule has 0 aromatic heterocycles. The fraction of sp³-hybridized carbons (Fsp3) is 0.500. The van der Waals surface area contributed by atoms with Crippen LogP contribution in [0.5, 0.6) is 11.5 Å². The Morgan fingerprint density at radius 3 is 2.58 bits per heavy atom. The minimum atomic E-state index is -0.939. The quantitative estimate of drug-likeness (QED) is 0.574. The molecule has 0 bridgehead atoms. The van der Waals surface area contributed by atoms with E-state index in [0.717, 1.165) is 18.1 Å². The molecule has 178 valence electrons. The Hall–Kier alpha value is -2.67. The van der Waals surface area contributed by atoms with Gasteiger partial charge in [-0.2, -0.15) is 0 Å². The van der Waals surface area contributed by atoms with Crippen LogP contribution in [0, 0.1) is 23.5 Å². The highest BCUT2D eigenvalue weighted by Gasteiger charge is 2.52. The minimum absolute atomic E-state index is 0.171. The summed E-state index contributed by atoms with van der Waals surface area (Å²) in [5.74, 6) is -1.74. The van der Waals surface area contributed by atoms with Crippen LogP contribution in [0.3, 0.4) is 0 Å². The van der Waals surface area contributed by atoms with Crippen LogP contribution in [-0.4, -0.2) is 29.4 Å². The molecule has 2 aliphatic rings. The molecule has 0 radical (unpaired) electrons.